The number of nitrogens with zero attached hydrogens (tertiary/aromatic N) is 2. The highest BCUT2D eigenvalue weighted by atomic mass is 32.2. The number of thioether (sulfide) groups is 1. The molecule has 2 amide bonds. The predicted molar refractivity (Wildman–Crippen MR) is 116 cm³/mol. The van der Waals surface area contributed by atoms with Crippen LogP contribution in [-0.2, 0) is 9.59 Å². The van der Waals surface area contributed by atoms with Crippen molar-refractivity contribution >= 4 is 29.3 Å². The Morgan fingerprint density at radius 2 is 1.83 bits per heavy atom. The van der Waals surface area contributed by atoms with Crippen LogP contribution in [0.2, 0.25) is 0 Å². The fourth-order valence-electron chi connectivity index (χ4n) is 4.07. The maximum absolute atomic E-state index is 13.1. The molecule has 2 aliphatic heterocycles. The van der Waals surface area contributed by atoms with Crippen LogP contribution in [0.15, 0.2) is 54.6 Å². The van der Waals surface area contributed by atoms with Gasteiger partial charge in [-0.3, -0.25) is 9.59 Å². The number of amides is 2. The summed E-state index contributed by atoms with van der Waals surface area (Å²) in [5, 5.41) is 0.426. The zero-order valence-electron chi connectivity index (χ0n) is 16.6. The molecule has 2 aliphatic rings. The molecule has 0 aliphatic carbocycles. The van der Waals surface area contributed by atoms with Crippen molar-refractivity contribution in [2.75, 3.05) is 37.4 Å². The molecule has 29 heavy (non-hydrogen) atoms. The lowest BCUT2D eigenvalue weighted by Crippen LogP contribution is -2.38. The number of methoxy groups -OCH3 is 1. The first-order valence-electron chi connectivity index (χ1n) is 10.1. The maximum atomic E-state index is 13.1. The molecule has 0 aromatic heterocycles. The average molecular weight is 411 g/mol. The highest BCUT2D eigenvalue weighted by Gasteiger charge is 2.37. The minimum atomic E-state index is -0.261. The monoisotopic (exact) mass is 410 g/mol. The van der Waals surface area contributed by atoms with Crippen LogP contribution in [0.25, 0.3) is 0 Å². The molecular weight excluding hydrogens is 384 g/mol. The van der Waals surface area contributed by atoms with Crippen LogP contribution in [0.3, 0.4) is 0 Å². The van der Waals surface area contributed by atoms with Crippen LogP contribution in [0, 0.1) is 5.92 Å². The smallest absolute Gasteiger partial charge is 0.228 e. The fraction of sp³-hybridized carbons (Fsp3) is 0.391. The van der Waals surface area contributed by atoms with Gasteiger partial charge in [-0.05, 0) is 36.2 Å². The summed E-state index contributed by atoms with van der Waals surface area (Å²) in [6.07, 6.45) is 1.24. The number of hydrogen-bond donors (Lipinski definition) is 0. The largest absolute Gasteiger partial charge is 0.497 e. The average Bonchev–Trinajstić information content (AvgIpc) is 2.99. The van der Waals surface area contributed by atoms with Crippen molar-refractivity contribution < 1.29 is 14.3 Å². The summed E-state index contributed by atoms with van der Waals surface area (Å²) in [6.45, 7) is 1.95. The second kappa shape index (κ2) is 8.91. The van der Waals surface area contributed by atoms with E-state index in [0.29, 0.717) is 11.8 Å². The van der Waals surface area contributed by atoms with Crippen molar-refractivity contribution in [1.29, 1.82) is 0 Å². The van der Waals surface area contributed by atoms with Crippen LogP contribution >= 0.6 is 11.8 Å². The predicted octanol–water partition coefficient (Wildman–Crippen LogP) is 3.75. The minimum Gasteiger partial charge on any atom is -0.497 e. The van der Waals surface area contributed by atoms with E-state index in [-0.39, 0.29) is 24.2 Å². The summed E-state index contributed by atoms with van der Waals surface area (Å²) in [5.74, 6) is 1.54. The Morgan fingerprint density at radius 1 is 1.07 bits per heavy atom. The normalized spacial score (nSPS) is 22.4. The third-order valence-corrected chi connectivity index (χ3v) is 7.01. The molecule has 152 valence electrons. The van der Waals surface area contributed by atoms with E-state index in [0.717, 1.165) is 36.7 Å². The van der Waals surface area contributed by atoms with Gasteiger partial charge in [-0.25, -0.2) is 0 Å². The van der Waals surface area contributed by atoms with Crippen molar-refractivity contribution in [3.05, 3.63) is 60.2 Å². The number of anilines is 1. The van der Waals surface area contributed by atoms with Gasteiger partial charge in [-0.2, -0.15) is 11.8 Å². The van der Waals surface area contributed by atoms with Crippen molar-refractivity contribution in [3.8, 4) is 5.75 Å². The Morgan fingerprint density at radius 3 is 2.55 bits per heavy atom. The van der Waals surface area contributed by atoms with E-state index in [2.05, 4.69) is 24.3 Å². The lowest BCUT2D eigenvalue weighted by Gasteiger charge is -2.24. The first-order chi connectivity index (χ1) is 14.2. The molecule has 2 saturated heterocycles. The van der Waals surface area contributed by atoms with E-state index in [1.165, 1.54) is 5.56 Å². The van der Waals surface area contributed by atoms with Gasteiger partial charge in [-0.15, -0.1) is 0 Å². The van der Waals surface area contributed by atoms with Gasteiger partial charge in [0.1, 0.15) is 5.75 Å². The van der Waals surface area contributed by atoms with Crippen LogP contribution in [0.4, 0.5) is 5.69 Å². The van der Waals surface area contributed by atoms with Gasteiger partial charge in [0, 0.05) is 42.7 Å². The van der Waals surface area contributed by atoms with Gasteiger partial charge >= 0.3 is 0 Å². The molecule has 0 bridgehead atoms. The summed E-state index contributed by atoms with van der Waals surface area (Å²) >= 11 is 1.92. The van der Waals surface area contributed by atoms with Gasteiger partial charge in [0.15, 0.2) is 0 Å². The highest BCUT2D eigenvalue weighted by molar-refractivity contribution is 7.99. The molecule has 0 saturated carbocycles. The van der Waals surface area contributed by atoms with Gasteiger partial charge in [0.25, 0.3) is 0 Å². The third kappa shape index (κ3) is 4.42. The Labute approximate surface area is 176 Å². The van der Waals surface area contributed by atoms with E-state index < -0.39 is 0 Å². The summed E-state index contributed by atoms with van der Waals surface area (Å²) in [6, 6.07) is 17.9. The standard InChI is InChI=1S/C23H26N2O3S/c1-28-20-9-7-19(8-10-20)25-16-18(15-22(25)26)23(27)24-12-11-21(29-14-13-24)17-5-3-2-4-6-17/h2-10,18,21H,11-16H2,1H3. The second-order valence-corrected chi connectivity index (χ2v) is 8.80. The first kappa shape index (κ1) is 19.8. The molecule has 6 heteroatoms. The van der Waals surface area contributed by atoms with Gasteiger partial charge in [0.2, 0.25) is 11.8 Å². The van der Waals surface area contributed by atoms with E-state index >= 15 is 0 Å². The van der Waals surface area contributed by atoms with Crippen molar-refractivity contribution in [1.82, 2.24) is 4.90 Å². The lowest BCUT2D eigenvalue weighted by molar-refractivity contribution is -0.135. The van der Waals surface area contributed by atoms with E-state index in [9.17, 15) is 9.59 Å². The molecule has 2 aromatic carbocycles. The lowest BCUT2D eigenvalue weighted by atomic mass is 10.1. The molecule has 0 radical (unpaired) electrons. The topological polar surface area (TPSA) is 49.9 Å². The number of ether oxygens (including phenoxy) is 1. The molecule has 0 spiro atoms. The van der Waals surface area contributed by atoms with Gasteiger partial charge < -0.3 is 14.5 Å². The summed E-state index contributed by atoms with van der Waals surface area (Å²) in [5.41, 5.74) is 2.15. The Balaban J connectivity index is 1.38. The third-order valence-electron chi connectivity index (χ3n) is 5.68. The van der Waals surface area contributed by atoms with Gasteiger partial charge in [-0.1, -0.05) is 30.3 Å². The quantitative estimate of drug-likeness (QED) is 0.770. The van der Waals surface area contributed by atoms with E-state index in [1.807, 2.05) is 47.0 Å². The minimum absolute atomic E-state index is 0.0138. The summed E-state index contributed by atoms with van der Waals surface area (Å²) in [7, 11) is 1.62. The summed E-state index contributed by atoms with van der Waals surface area (Å²) < 4.78 is 5.18. The number of carbonyl (C=O) groups excluding carboxylic acids is 2. The SMILES string of the molecule is COc1ccc(N2CC(C(=O)N3CCSC(c4ccccc4)CC3)CC2=O)cc1. The molecule has 2 fully saturated rings. The Bertz CT molecular complexity index is 856. The molecule has 0 N–H and O–H groups in total. The zero-order chi connectivity index (χ0) is 20.2. The molecule has 2 heterocycles. The van der Waals surface area contributed by atoms with Crippen LogP contribution in [0.5, 0.6) is 5.75 Å². The Hall–Kier alpha value is -2.47. The van der Waals surface area contributed by atoms with Crippen molar-refractivity contribution in [3.63, 3.8) is 0 Å². The van der Waals surface area contributed by atoms with E-state index in [4.69, 9.17) is 4.74 Å². The fourth-order valence-corrected chi connectivity index (χ4v) is 5.30. The van der Waals surface area contributed by atoms with Crippen molar-refractivity contribution in [2.24, 2.45) is 5.92 Å². The Kier molecular flexibility index (Phi) is 6.09. The molecule has 2 atom stereocenters. The first-order valence-corrected chi connectivity index (χ1v) is 11.1. The molecule has 4 rings (SSSR count). The molecule has 5 nitrogen and oxygen atoms in total. The number of carbonyl (C=O) groups is 2. The number of rotatable bonds is 4. The van der Waals surface area contributed by atoms with Gasteiger partial charge in [0.05, 0.1) is 13.0 Å². The second-order valence-electron chi connectivity index (χ2n) is 7.49. The molecule has 2 unspecified atom stereocenters. The highest BCUT2D eigenvalue weighted by Crippen LogP contribution is 2.35. The van der Waals surface area contributed by atoms with Crippen LogP contribution in [0.1, 0.15) is 23.7 Å². The van der Waals surface area contributed by atoms with E-state index in [1.54, 1.807) is 12.0 Å². The number of hydrogen-bond acceptors (Lipinski definition) is 4. The molecule has 2 aromatic rings. The zero-order valence-corrected chi connectivity index (χ0v) is 17.4. The van der Waals surface area contributed by atoms with Crippen molar-refractivity contribution in [2.45, 2.75) is 18.1 Å². The van der Waals surface area contributed by atoms with Crippen LogP contribution in [-0.4, -0.2) is 49.2 Å². The summed E-state index contributed by atoms with van der Waals surface area (Å²) in [4.78, 5) is 29.4. The molecular formula is C23H26N2O3S. The number of benzene rings is 2. The van der Waals surface area contributed by atoms with Crippen LogP contribution < -0.4 is 9.64 Å². The maximum Gasteiger partial charge on any atom is 0.228 e.